The average Bonchev–Trinajstić information content (AvgIpc) is 2.58. The molecule has 1 aromatic heterocycles. The Morgan fingerprint density at radius 3 is 2.46 bits per heavy atom. The second kappa shape index (κ2) is 9.75. The van der Waals surface area contributed by atoms with Gasteiger partial charge >= 0.3 is 0 Å². The van der Waals surface area contributed by atoms with Crippen LogP contribution in [0.2, 0.25) is 0 Å². The SMILES string of the molecule is CCCCCNc1cc(NCCc2cccc(OC)c2)nc(C)n1. The van der Waals surface area contributed by atoms with Gasteiger partial charge in [-0.05, 0) is 37.5 Å². The molecule has 0 saturated heterocycles. The highest BCUT2D eigenvalue weighted by Gasteiger charge is 2.02. The van der Waals surface area contributed by atoms with Crippen molar-refractivity contribution in [3.05, 3.63) is 41.7 Å². The first-order chi connectivity index (χ1) is 11.7. The predicted octanol–water partition coefficient (Wildman–Crippen LogP) is 4.05. The standard InChI is InChI=1S/C19H28N4O/c1-4-5-6-11-20-18-14-19(23-15(2)22-18)21-12-10-16-8-7-9-17(13-16)24-3/h7-9,13-14H,4-6,10-12H2,1-3H3,(H2,20,21,22,23). The van der Waals surface area contributed by atoms with Crippen molar-refractivity contribution in [1.82, 2.24) is 9.97 Å². The van der Waals surface area contributed by atoms with Gasteiger partial charge in [-0.1, -0.05) is 31.9 Å². The Labute approximate surface area is 144 Å². The number of rotatable bonds is 10. The van der Waals surface area contributed by atoms with E-state index >= 15 is 0 Å². The molecule has 2 N–H and O–H groups in total. The normalized spacial score (nSPS) is 10.5. The zero-order valence-electron chi connectivity index (χ0n) is 14.9. The highest BCUT2D eigenvalue weighted by molar-refractivity contribution is 5.47. The highest BCUT2D eigenvalue weighted by Crippen LogP contribution is 2.14. The quantitative estimate of drug-likeness (QED) is 0.644. The van der Waals surface area contributed by atoms with Crippen molar-refractivity contribution in [2.24, 2.45) is 0 Å². The lowest BCUT2D eigenvalue weighted by Crippen LogP contribution is -2.10. The van der Waals surface area contributed by atoms with Crippen LogP contribution < -0.4 is 15.4 Å². The van der Waals surface area contributed by atoms with Crippen molar-refractivity contribution < 1.29 is 4.74 Å². The van der Waals surface area contributed by atoms with Gasteiger partial charge < -0.3 is 15.4 Å². The summed E-state index contributed by atoms with van der Waals surface area (Å²) in [5.41, 5.74) is 1.24. The number of aromatic nitrogens is 2. The van der Waals surface area contributed by atoms with E-state index in [1.807, 2.05) is 25.1 Å². The number of nitrogens with one attached hydrogen (secondary N) is 2. The maximum absolute atomic E-state index is 5.26. The van der Waals surface area contributed by atoms with Crippen molar-refractivity contribution >= 4 is 11.6 Å². The maximum atomic E-state index is 5.26. The number of anilines is 2. The Morgan fingerprint density at radius 1 is 1.00 bits per heavy atom. The van der Waals surface area contributed by atoms with Crippen LogP contribution in [-0.2, 0) is 6.42 Å². The molecule has 0 bridgehead atoms. The number of nitrogens with zero attached hydrogens (tertiary/aromatic N) is 2. The van der Waals surface area contributed by atoms with Gasteiger partial charge in [0.1, 0.15) is 23.2 Å². The molecule has 0 amide bonds. The van der Waals surface area contributed by atoms with Gasteiger partial charge in [-0.3, -0.25) is 0 Å². The molecule has 2 aromatic rings. The summed E-state index contributed by atoms with van der Waals surface area (Å²) in [6.07, 6.45) is 4.54. The molecule has 0 saturated carbocycles. The minimum atomic E-state index is 0.777. The summed E-state index contributed by atoms with van der Waals surface area (Å²) >= 11 is 0. The molecule has 24 heavy (non-hydrogen) atoms. The number of hydrogen-bond donors (Lipinski definition) is 2. The number of hydrogen-bond acceptors (Lipinski definition) is 5. The minimum Gasteiger partial charge on any atom is -0.497 e. The van der Waals surface area contributed by atoms with Crippen LogP contribution >= 0.6 is 0 Å². The summed E-state index contributed by atoms with van der Waals surface area (Å²) < 4.78 is 5.26. The topological polar surface area (TPSA) is 59.1 Å². The maximum Gasteiger partial charge on any atom is 0.131 e. The summed E-state index contributed by atoms with van der Waals surface area (Å²) in [6, 6.07) is 10.1. The third-order valence-electron chi connectivity index (χ3n) is 3.78. The lowest BCUT2D eigenvalue weighted by molar-refractivity contribution is 0.414. The Morgan fingerprint density at radius 2 is 1.75 bits per heavy atom. The van der Waals surface area contributed by atoms with Crippen LogP contribution in [0.3, 0.4) is 0 Å². The van der Waals surface area contributed by atoms with E-state index in [4.69, 9.17) is 4.74 Å². The Hall–Kier alpha value is -2.30. The van der Waals surface area contributed by atoms with E-state index in [2.05, 4.69) is 39.7 Å². The molecule has 0 atom stereocenters. The zero-order chi connectivity index (χ0) is 17.2. The van der Waals surface area contributed by atoms with E-state index in [9.17, 15) is 0 Å². The molecule has 0 fully saturated rings. The smallest absolute Gasteiger partial charge is 0.131 e. The van der Waals surface area contributed by atoms with E-state index in [-0.39, 0.29) is 0 Å². The molecule has 5 heteroatoms. The summed E-state index contributed by atoms with van der Waals surface area (Å²) in [5, 5.41) is 6.76. The van der Waals surface area contributed by atoms with Crippen molar-refractivity contribution in [1.29, 1.82) is 0 Å². The number of benzene rings is 1. The van der Waals surface area contributed by atoms with Crippen LogP contribution in [0.15, 0.2) is 30.3 Å². The largest absolute Gasteiger partial charge is 0.497 e. The molecule has 0 radical (unpaired) electrons. The van der Waals surface area contributed by atoms with Gasteiger partial charge in [0.15, 0.2) is 0 Å². The van der Waals surface area contributed by atoms with E-state index in [0.717, 1.165) is 49.1 Å². The van der Waals surface area contributed by atoms with E-state index in [1.165, 1.54) is 18.4 Å². The molecule has 2 rings (SSSR count). The van der Waals surface area contributed by atoms with Crippen molar-refractivity contribution in [3.8, 4) is 5.75 Å². The molecule has 0 aliphatic carbocycles. The predicted molar refractivity (Wildman–Crippen MR) is 100.0 cm³/mol. The fraction of sp³-hybridized carbons (Fsp3) is 0.474. The first-order valence-electron chi connectivity index (χ1n) is 8.67. The second-order valence-electron chi connectivity index (χ2n) is 5.85. The summed E-state index contributed by atoms with van der Waals surface area (Å²) in [4.78, 5) is 8.90. The van der Waals surface area contributed by atoms with Gasteiger partial charge in [-0.15, -0.1) is 0 Å². The molecule has 0 aliphatic heterocycles. The van der Waals surface area contributed by atoms with Crippen LogP contribution in [0, 0.1) is 6.92 Å². The number of methoxy groups -OCH3 is 1. The summed E-state index contributed by atoms with van der Waals surface area (Å²) in [7, 11) is 1.69. The van der Waals surface area contributed by atoms with Crippen molar-refractivity contribution in [2.75, 3.05) is 30.8 Å². The third-order valence-corrected chi connectivity index (χ3v) is 3.78. The Balaban J connectivity index is 1.86. The van der Waals surface area contributed by atoms with E-state index < -0.39 is 0 Å². The monoisotopic (exact) mass is 328 g/mol. The van der Waals surface area contributed by atoms with Gasteiger partial charge in [0.05, 0.1) is 7.11 Å². The van der Waals surface area contributed by atoms with Crippen LogP contribution in [0.5, 0.6) is 5.75 Å². The minimum absolute atomic E-state index is 0.777. The average molecular weight is 328 g/mol. The zero-order valence-corrected chi connectivity index (χ0v) is 14.9. The Kier molecular flexibility index (Phi) is 7.33. The molecular weight excluding hydrogens is 300 g/mol. The van der Waals surface area contributed by atoms with Gasteiger partial charge in [-0.2, -0.15) is 0 Å². The fourth-order valence-corrected chi connectivity index (χ4v) is 2.50. The van der Waals surface area contributed by atoms with Crippen molar-refractivity contribution in [2.45, 2.75) is 39.5 Å². The first-order valence-corrected chi connectivity index (χ1v) is 8.67. The van der Waals surface area contributed by atoms with E-state index in [0.29, 0.717) is 0 Å². The van der Waals surface area contributed by atoms with Gasteiger partial charge in [0, 0.05) is 19.2 Å². The van der Waals surface area contributed by atoms with Crippen LogP contribution in [0.1, 0.15) is 37.6 Å². The molecular formula is C19H28N4O. The lowest BCUT2D eigenvalue weighted by Gasteiger charge is -2.10. The van der Waals surface area contributed by atoms with Crippen LogP contribution in [-0.4, -0.2) is 30.2 Å². The second-order valence-corrected chi connectivity index (χ2v) is 5.85. The van der Waals surface area contributed by atoms with E-state index in [1.54, 1.807) is 7.11 Å². The lowest BCUT2D eigenvalue weighted by atomic mass is 10.1. The van der Waals surface area contributed by atoms with Gasteiger partial charge in [0.2, 0.25) is 0 Å². The van der Waals surface area contributed by atoms with Crippen LogP contribution in [0.25, 0.3) is 0 Å². The fourth-order valence-electron chi connectivity index (χ4n) is 2.50. The molecule has 0 spiro atoms. The summed E-state index contributed by atoms with van der Waals surface area (Å²) in [5.74, 6) is 3.43. The molecule has 130 valence electrons. The molecule has 0 aliphatic rings. The number of ether oxygens (including phenoxy) is 1. The molecule has 5 nitrogen and oxygen atoms in total. The third kappa shape index (κ3) is 6.07. The first kappa shape index (κ1) is 18.0. The highest BCUT2D eigenvalue weighted by atomic mass is 16.5. The Bertz CT molecular complexity index is 631. The molecule has 1 heterocycles. The van der Waals surface area contributed by atoms with Gasteiger partial charge in [0.25, 0.3) is 0 Å². The van der Waals surface area contributed by atoms with Gasteiger partial charge in [-0.25, -0.2) is 9.97 Å². The molecule has 0 unspecified atom stereocenters. The number of unbranched alkanes of at least 4 members (excludes halogenated alkanes) is 2. The number of aryl methyl sites for hydroxylation is 1. The van der Waals surface area contributed by atoms with Crippen molar-refractivity contribution in [3.63, 3.8) is 0 Å². The summed E-state index contributed by atoms with van der Waals surface area (Å²) in [6.45, 7) is 5.90. The van der Waals surface area contributed by atoms with Crippen LogP contribution in [0.4, 0.5) is 11.6 Å². The molecule has 1 aromatic carbocycles.